The van der Waals surface area contributed by atoms with Gasteiger partial charge in [0.05, 0.1) is 12.3 Å². The van der Waals surface area contributed by atoms with Crippen molar-refractivity contribution >= 4 is 11.8 Å². The lowest BCUT2D eigenvalue weighted by atomic mass is 10.2. The molecular formula is C12H23N3OS. The summed E-state index contributed by atoms with van der Waals surface area (Å²) in [5.74, 6) is 0. The van der Waals surface area contributed by atoms with Crippen LogP contribution in [0.15, 0.2) is 12.3 Å². The zero-order chi connectivity index (χ0) is 12.7. The van der Waals surface area contributed by atoms with E-state index in [0.717, 1.165) is 19.5 Å². The van der Waals surface area contributed by atoms with Crippen LogP contribution in [0.1, 0.15) is 26.0 Å². The number of nitrogens with zero attached hydrogens (tertiary/aromatic N) is 2. The Morgan fingerprint density at radius 3 is 2.94 bits per heavy atom. The molecule has 4 nitrogen and oxygen atoms in total. The van der Waals surface area contributed by atoms with Crippen molar-refractivity contribution in [1.29, 1.82) is 0 Å². The van der Waals surface area contributed by atoms with Crippen LogP contribution in [-0.2, 0) is 13.1 Å². The molecule has 1 aromatic rings. The summed E-state index contributed by atoms with van der Waals surface area (Å²) in [4.78, 5) is 0. The second-order valence-electron chi connectivity index (χ2n) is 4.17. The number of aliphatic hydroxyl groups is 1. The molecule has 2 N–H and O–H groups in total. The number of aliphatic hydroxyl groups excluding tert-OH is 1. The van der Waals surface area contributed by atoms with Crippen molar-refractivity contribution in [2.45, 2.75) is 44.6 Å². The van der Waals surface area contributed by atoms with Crippen molar-refractivity contribution in [3.05, 3.63) is 18.0 Å². The molecule has 2 atom stereocenters. The molecule has 0 saturated carbocycles. The van der Waals surface area contributed by atoms with Gasteiger partial charge < -0.3 is 10.4 Å². The summed E-state index contributed by atoms with van der Waals surface area (Å²) in [5, 5.41) is 17.2. The van der Waals surface area contributed by atoms with Gasteiger partial charge in [-0.2, -0.15) is 16.9 Å². The van der Waals surface area contributed by atoms with Gasteiger partial charge in [-0.15, -0.1) is 0 Å². The lowest BCUT2D eigenvalue weighted by Gasteiger charge is -2.21. The molecule has 0 amide bonds. The van der Waals surface area contributed by atoms with Crippen molar-refractivity contribution in [3.63, 3.8) is 0 Å². The molecule has 98 valence electrons. The Kier molecular flexibility index (Phi) is 6.62. The molecule has 0 aromatic carbocycles. The van der Waals surface area contributed by atoms with Gasteiger partial charge in [-0.25, -0.2) is 0 Å². The molecule has 1 rings (SSSR count). The number of rotatable bonds is 8. The van der Waals surface area contributed by atoms with Crippen molar-refractivity contribution in [3.8, 4) is 0 Å². The third-order valence-corrected chi connectivity index (χ3v) is 4.05. The fourth-order valence-corrected chi connectivity index (χ4v) is 2.41. The van der Waals surface area contributed by atoms with Crippen LogP contribution in [-0.4, -0.2) is 39.0 Å². The number of hydrogen-bond donors (Lipinski definition) is 2. The van der Waals surface area contributed by atoms with Gasteiger partial charge in [0.1, 0.15) is 0 Å². The highest BCUT2D eigenvalue weighted by atomic mass is 32.2. The standard InChI is InChI=1S/C12H23N3OS/c1-4-7-15-11(5-6-14-15)8-13-10(2)12(9-16)17-3/h5-6,10,12-13,16H,4,7-9H2,1-3H3. The first-order valence-electron chi connectivity index (χ1n) is 6.10. The minimum Gasteiger partial charge on any atom is -0.395 e. The first-order valence-corrected chi connectivity index (χ1v) is 7.39. The maximum absolute atomic E-state index is 9.21. The second kappa shape index (κ2) is 7.74. The topological polar surface area (TPSA) is 50.1 Å². The number of nitrogens with one attached hydrogen (secondary N) is 1. The quantitative estimate of drug-likeness (QED) is 0.741. The van der Waals surface area contributed by atoms with Crippen molar-refractivity contribution in [2.75, 3.05) is 12.9 Å². The summed E-state index contributed by atoms with van der Waals surface area (Å²) >= 11 is 1.69. The summed E-state index contributed by atoms with van der Waals surface area (Å²) in [6, 6.07) is 2.34. The van der Waals surface area contributed by atoms with E-state index < -0.39 is 0 Å². The van der Waals surface area contributed by atoms with Crippen LogP contribution in [0.5, 0.6) is 0 Å². The van der Waals surface area contributed by atoms with E-state index in [9.17, 15) is 5.11 Å². The molecule has 0 fully saturated rings. The molecule has 0 bridgehead atoms. The Balaban J connectivity index is 2.46. The summed E-state index contributed by atoms with van der Waals surface area (Å²) in [5.41, 5.74) is 1.21. The molecule has 5 heteroatoms. The van der Waals surface area contributed by atoms with Gasteiger partial charge >= 0.3 is 0 Å². The van der Waals surface area contributed by atoms with Gasteiger partial charge in [0.25, 0.3) is 0 Å². The molecule has 0 aliphatic carbocycles. The fourth-order valence-electron chi connectivity index (χ4n) is 1.76. The van der Waals surface area contributed by atoms with Crippen LogP contribution < -0.4 is 5.32 Å². The summed E-state index contributed by atoms with van der Waals surface area (Å²) in [6.07, 6.45) is 4.96. The van der Waals surface area contributed by atoms with Crippen molar-refractivity contribution < 1.29 is 5.11 Å². The number of thioether (sulfide) groups is 1. The van der Waals surface area contributed by atoms with E-state index in [0.29, 0.717) is 6.04 Å². The third kappa shape index (κ3) is 4.33. The van der Waals surface area contributed by atoms with Gasteiger partial charge in [0, 0.05) is 30.6 Å². The average molecular weight is 257 g/mol. The zero-order valence-electron chi connectivity index (χ0n) is 10.9. The van der Waals surface area contributed by atoms with E-state index in [1.165, 1.54) is 5.69 Å². The highest BCUT2D eigenvalue weighted by Gasteiger charge is 2.14. The summed E-state index contributed by atoms with van der Waals surface area (Å²) in [7, 11) is 0. The predicted molar refractivity (Wildman–Crippen MR) is 73.2 cm³/mol. The maximum Gasteiger partial charge on any atom is 0.0564 e. The van der Waals surface area contributed by atoms with Crippen LogP contribution in [0.4, 0.5) is 0 Å². The van der Waals surface area contributed by atoms with Crippen molar-refractivity contribution in [1.82, 2.24) is 15.1 Å². The summed E-state index contributed by atoms with van der Waals surface area (Å²) in [6.45, 7) is 6.24. The SMILES string of the molecule is CCCn1nccc1CNC(C)C(CO)SC. The van der Waals surface area contributed by atoms with Crippen molar-refractivity contribution in [2.24, 2.45) is 0 Å². The molecule has 0 saturated heterocycles. The molecule has 1 heterocycles. The van der Waals surface area contributed by atoms with Gasteiger partial charge in [0.2, 0.25) is 0 Å². The van der Waals surface area contributed by atoms with Crippen LogP contribution in [0.3, 0.4) is 0 Å². The Hall–Kier alpha value is -0.520. The normalized spacial score (nSPS) is 14.8. The Labute approximate surface area is 108 Å². The lowest BCUT2D eigenvalue weighted by Crippen LogP contribution is -2.37. The number of aromatic nitrogens is 2. The monoisotopic (exact) mass is 257 g/mol. The number of hydrogen-bond acceptors (Lipinski definition) is 4. The molecular weight excluding hydrogens is 234 g/mol. The van der Waals surface area contributed by atoms with Gasteiger partial charge in [-0.1, -0.05) is 6.92 Å². The molecule has 0 aliphatic rings. The van der Waals surface area contributed by atoms with E-state index in [-0.39, 0.29) is 11.9 Å². The zero-order valence-corrected chi connectivity index (χ0v) is 11.7. The third-order valence-electron chi connectivity index (χ3n) is 2.89. The first-order chi connectivity index (χ1) is 8.22. The van der Waals surface area contributed by atoms with E-state index >= 15 is 0 Å². The molecule has 2 unspecified atom stereocenters. The first kappa shape index (κ1) is 14.5. The Morgan fingerprint density at radius 1 is 1.59 bits per heavy atom. The molecule has 0 radical (unpaired) electrons. The largest absolute Gasteiger partial charge is 0.395 e. The summed E-state index contributed by atoms with van der Waals surface area (Å²) < 4.78 is 2.03. The highest BCUT2D eigenvalue weighted by Crippen LogP contribution is 2.11. The van der Waals surface area contributed by atoms with Crippen LogP contribution in [0, 0.1) is 0 Å². The van der Waals surface area contributed by atoms with Gasteiger partial charge in [-0.05, 0) is 25.7 Å². The smallest absolute Gasteiger partial charge is 0.0564 e. The maximum atomic E-state index is 9.21. The van der Waals surface area contributed by atoms with E-state index in [1.54, 1.807) is 11.8 Å². The molecule has 1 aromatic heterocycles. The Bertz CT molecular complexity index is 312. The lowest BCUT2D eigenvalue weighted by molar-refractivity contribution is 0.275. The number of aryl methyl sites for hydroxylation is 1. The molecule has 0 aliphatic heterocycles. The predicted octanol–water partition coefficient (Wildman–Crippen LogP) is 1.50. The second-order valence-corrected chi connectivity index (χ2v) is 5.25. The van der Waals surface area contributed by atoms with Crippen LogP contribution >= 0.6 is 11.8 Å². The average Bonchev–Trinajstić information content (AvgIpc) is 2.76. The van der Waals surface area contributed by atoms with E-state index in [1.807, 2.05) is 23.2 Å². The minimum atomic E-state index is 0.212. The van der Waals surface area contributed by atoms with Crippen LogP contribution in [0.2, 0.25) is 0 Å². The Morgan fingerprint density at radius 2 is 2.35 bits per heavy atom. The fraction of sp³-hybridized carbons (Fsp3) is 0.750. The highest BCUT2D eigenvalue weighted by molar-refractivity contribution is 7.99. The van der Waals surface area contributed by atoms with Gasteiger partial charge in [0.15, 0.2) is 0 Å². The molecule has 0 spiro atoms. The van der Waals surface area contributed by atoms with E-state index in [2.05, 4.69) is 24.3 Å². The minimum absolute atomic E-state index is 0.212. The molecule has 17 heavy (non-hydrogen) atoms. The van der Waals surface area contributed by atoms with Gasteiger partial charge in [-0.3, -0.25) is 4.68 Å². The van der Waals surface area contributed by atoms with Crippen LogP contribution in [0.25, 0.3) is 0 Å². The van der Waals surface area contributed by atoms with E-state index in [4.69, 9.17) is 0 Å².